The zero-order valence-electron chi connectivity index (χ0n) is 16.7. The fourth-order valence-electron chi connectivity index (χ4n) is 3.80. The molecule has 168 valence electrons. The van der Waals surface area contributed by atoms with Crippen LogP contribution in [0.5, 0.6) is 0 Å². The van der Waals surface area contributed by atoms with Crippen LogP contribution in [0.1, 0.15) is 29.7 Å². The molecule has 8 nitrogen and oxygen atoms in total. The maximum absolute atomic E-state index is 13.3. The van der Waals surface area contributed by atoms with Crippen LogP contribution in [0, 0.1) is 11.3 Å². The maximum atomic E-state index is 13.3. The third-order valence-electron chi connectivity index (χ3n) is 5.23. The molecule has 2 aromatic carbocycles. The molecule has 0 spiro atoms. The number of anilines is 2. The molecule has 4 rings (SSSR count). The van der Waals surface area contributed by atoms with Crippen LogP contribution in [-0.2, 0) is 11.0 Å². The van der Waals surface area contributed by atoms with E-state index in [1.807, 2.05) is 6.07 Å². The van der Waals surface area contributed by atoms with E-state index >= 15 is 0 Å². The zero-order chi connectivity index (χ0) is 24.1. The van der Waals surface area contributed by atoms with Gasteiger partial charge < -0.3 is 5.11 Å². The van der Waals surface area contributed by atoms with Crippen LogP contribution >= 0.6 is 15.9 Å². The van der Waals surface area contributed by atoms with Crippen molar-refractivity contribution in [1.82, 2.24) is 14.8 Å². The first-order valence-electron chi connectivity index (χ1n) is 9.32. The normalized spacial score (nSPS) is 15.9. The highest BCUT2D eigenvalue weighted by Gasteiger charge is 2.40. The van der Waals surface area contributed by atoms with Crippen LogP contribution in [0.25, 0.3) is 0 Å². The van der Waals surface area contributed by atoms with Gasteiger partial charge in [0.2, 0.25) is 5.95 Å². The molecule has 0 saturated carbocycles. The minimum Gasteiger partial charge on any atom is -0.478 e. The van der Waals surface area contributed by atoms with Crippen molar-refractivity contribution >= 4 is 33.5 Å². The Kier molecular flexibility index (Phi) is 5.37. The van der Waals surface area contributed by atoms with Gasteiger partial charge in [-0.2, -0.15) is 18.4 Å². The van der Waals surface area contributed by atoms with Crippen molar-refractivity contribution in [1.29, 1.82) is 5.26 Å². The van der Waals surface area contributed by atoms with Crippen LogP contribution in [0.15, 0.2) is 63.0 Å². The van der Waals surface area contributed by atoms with Gasteiger partial charge in [0.25, 0.3) is 0 Å². The number of aliphatic carboxylic acids is 1. The van der Waals surface area contributed by atoms with Crippen molar-refractivity contribution < 1.29 is 23.1 Å². The minimum absolute atomic E-state index is 0.0151. The van der Waals surface area contributed by atoms with Gasteiger partial charge in [0.15, 0.2) is 0 Å². The van der Waals surface area contributed by atoms with Gasteiger partial charge in [-0.25, -0.2) is 19.3 Å². The van der Waals surface area contributed by atoms with Crippen LogP contribution in [-0.4, -0.2) is 25.8 Å². The van der Waals surface area contributed by atoms with Crippen LogP contribution in [0.3, 0.4) is 0 Å². The summed E-state index contributed by atoms with van der Waals surface area (Å²) in [6, 6.07) is 9.55. The highest BCUT2D eigenvalue weighted by molar-refractivity contribution is 9.10. The average molecular weight is 520 g/mol. The lowest BCUT2D eigenvalue weighted by Crippen LogP contribution is -2.37. The number of nitrogens with one attached hydrogen (secondary N) is 1. The highest BCUT2D eigenvalue weighted by Crippen LogP contribution is 2.43. The number of hydrogen-bond donors (Lipinski definition) is 2. The van der Waals surface area contributed by atoms with E-state index in [1.165, 1.54) is 42.2 Å². The number of benzene rings is 2. The van der Waals surface area contributed by atoms with Gasteiger partial charge in [0.05, 0.1) is 22.8 Å². The molecular formula is C21H13BrF3N5O3. The van der Waals surface area contributed by atoms with Crippen molar-refractivity contribution in [3.8, 4) is 6.07 Å². The SMILES string of the molecule is CC1=C(C(=O)O)C(c2ccc(C#N)cc2Br)n2c(n[nH]c2=O)N1c1cccc(C(F)(F)F)c1. The molecule has 0 fully saturated rings. The second-order valence-corrected chi connectivity index (χ2v) is 7.99. The smallest absolute Gasteiger partial charge is 0.416 e. The molecule has 0 radical (unpaired) electrons. The summed E-state index contributed by atoms with van der Waals surface area (Å²) in [6.45, 7) is 1.43. The Balaban J connectivity index is 2.01. The number of nitriles is 1. The monoisotopic (exact) mass is 519 g/mol. The minimum atomic E-state index is -4.62. The molecule has 2 heterocycles. The number of nitrogens with zero attached hydrogens (tertiary/aromatic N) is 4. The Morgan fingerprint density at radius 3 is 2.61 bits per heavy atom. The highest BCUT2D eigenvalue weighted by atomic mass is 79.9. The molecular weight excluding hydrogens is 507 g/mol. The third-order valence-corrected chi connectivity index (χ3v) is 5.92. The van der Waals surface area contributed by atoms with E-state index in [9.17, 15) is 27.9 Å². The number of aromatic nitrogens is 3. The van der Waals surface area contributed by atoms with Gasteiger partial charge in [0.1, 0.15) is 6.04 Å². The Labute approximate surface area is 192 Å². The second kappa shape index (κ2) is 7.93. The summed E-state index contributed by atoms with van der Waals surface area (Å²) >= 11 is 3.32. The number of hydrogen-bond acceptors (Lipinski definition) is 5. The predicted molar refractivity (Wildman–Crippen MR) is 114 cm³/mol. The molecule has 0 aliphatic carbocycles. The van der Waals surface area contributed by atoms with Crippen LogP contribution in [0.2, 0.25) is 0 Å². The number of rotatable bonds is 3. The molecule has 1 unspecified atom stereocenters. The molecule has 1 aliphatic heterocycles. The van der Waals surface area contributed by atoms with Crippen molar-refractivity contribution in [2.24, 2.45) is 0 Å². The first-order chi connectivity index (χ1) is 15.5. The maximum Gasteiger partial charge on any atom is 0.416 e. The quantitative estimate of drug-likeness (QED) is 0.532. The summed E-state index contributed by atoms with van der Waals surface area (Å²) < 4.78 is 41.3. The van der Waals surface area contributed by atoms with E-state index in [0.29, 0.717) is 15.6 Å². The number of carbonyl (C=O) groups is 1. The fraction of sp³-hybridized carbons (Fsp3) is 0.143. The molecule has 0 saturated heterocycles. The first kappa shape index (κ1) is 22.3. The second-order valence-electron chi connectivity index (χ2n) is 7.14. The van der Waals surface area contributed by atoms with E-state index in [1.54, 1.807) is 0 Å². The molecule has 0 amide bonds. The lowest BCUT2D eigenvalue weighted by molar-refractivity contribution is -0.137. The molecule has 2 N–H and O–H groups in total. The third kappa shape index (κ3) is 3.70. The number of allylic oxidation sites excluding steroid dienone is 1. The Morgan fingerprint density at radius 1 is 1.27 bits per heavy atom. The number of halogens is 4. The summed E-state index contributed by atoms with van der Waals surface area (Å²) in [5, 5.41) is 25.4. The molecule has 1 aliphatic rings. The van der Waals surface area contributed by atoms with Crippen molar-refractivity contribution in [3.05, 3.63) is 85.4 Å². The molecule has 3 aromatic rings. The molecule has 33 heavy (non-hydrogen) atoms. The molecule has 12 heteroatoms. The van der Waals surface area contributed by atoms with Crippen molar-refractivity contribution in [2.75, 3.05) is 4.90 Å². The van der Waals surface area contributed by atoms with E-state index in [-0.39, 0.29) is 22.9 Å². The number of H-pyrrole nitrogens is 1. The van der Waals surface area contributed by atoms with Gasteiger partial charge in [-0.15, -0.1) is 5.10 Å². The lowest BCUT2D eigenvalue weighted by atomic mass is 9.94. The number of alkyl halides is 3. The van der Waals surface area contributed by atoms with Gasteiger partial charge in [-0.05, 0) is 42.8 Å². The summed E-state index contributed by atoms with van der Waals surface area (Å²) in [4.78, 5) is 26.3. The Hall–Kier alpha value is -3.85. The lowest BCUT2D eigenvalue weighted by Gasteiger charge is -2.35. The molecule has 1 atom stereocenters. The summed E-state index contributed by atoms with van der Waals surface area (Å²) in [7, 11) is 0. The van der Waals surface area contributed by atoms with Gasteiger partial charge >= 0.3 is 17.8 Å². The summed E-state index contributed by atoms with van der Waals surface area (Å²) in [5.41, 5.74) is -1.20. The van der Waals surface area contributed by atoms with Crippen LogP contribution < -0.4 is 10.6 Å². The van der Waals surface area contributed by atoms with E-state index < -0.39 is 29.4 Å². The number of fused-ring (bicyclic) bond motifs is 1. The first-order valence-corrected chi connectivity index (χ1v) is 10.1. The van der Waals surface area contributed by atoms with E-state index in [4.69, 9.17) is 5.26 Å². The largest absolute Gasteiger partial charge is 0.478 e. The van der Waals surface area contributed by atoms with Crippen molar-refractivity contribution in [2.45, 2.75) is 19.1 Å². The number of carboxylic acids is 1. The fourth-order valence-corrected chi connectivity index (χ4v) is 4.40. The summed E-state index contributed by atoms with van der Waals surface area (Å²) in [5.74, 6) is -1.45. The standard InChI is InChI=1S/C21H13BrF3N5O3/c1-10-16(18(31)32)17(14-6-5-11(9-26)7-15(14)22)30-19(27-28-20(30)33)29(10)13-4-2-3-12(8-13)21(23,24)25/h2-8,17H,1H3,(H,28,33)(H,31,32). The molecule has 0 bridgehead atoms. The topological polar surface area (TPSA) is 115 Å². The summed E-state index contributed by atoms with van der Waals surface area (Å²) in [6.07, 6.45) is -4.62. The average Bonchev–Trinajstić information content (AvgIpc) is 3.13. The van der Waals surface area contributed by atoms with E-state index in [2.05, 4.69) is 26.1 Å². The molecule has 1 aromatic heterocycles. The Morgan fingerprint density at radius 2 is 2.00 bits per heavy atom. The zero-order valence-corrected chi connectivity index (χ0v) is 18.3. The van der Waals surface area contributed by atoms with Gasteiger partial charge in [-0.3, -0.25) is 4.90 Å². The Bertz CT molecular complexity index is 1420. The van der Waals surface area contributed by atoms with Crippen molar-refractivity contribution in [3.63, 3.8) is 0 Å². The van der Waals surface area contributed by atoms with Crippen LogP contribution in [0.4, 0.5) is 24.8 Å². The van der Waals surface area contributed by atoms with Gasteiger partial charge in [-0.1, -0.05) is 28.1 Å². The van der Waals surface area contributed by atoms with E-state index in [0.717, 1.165) is 16.7 Å². The predicted octanol–water partition coefficient (Wildman–Crippen LogP) is 4.32. The number of aromatic amines is 1. The van der Waals surface area contributed by atoms with Gasteiger partial charge in [0, 0.05) is 15.9 Å². The number of carboxylic acid groups (broad SMARTS) is 1.